The normalized spacial score (nSPS) is 19.6. The Bertz CT molecular complexity index is 683. The zero-order chi connectivity index (χ0) is 15.5. The van der Waals surface area contributed by atoms with Gasteiger partial charge in [0.2, 0.25) is 5.91 Å². The van der Waals surface area contributed by atoms with Crippen LogP contribution >= 0.6 is 24.8 Å². The number of halogens is 3. The Kier molecular flexibility index (Phi) is 7.89. The summed E-state index contributed by atoms with van der Waals surface area (Å²) in [6.07, 6.45) is 1.66. The molecule has 0 radical (unpaired) electrons. The number of carbonyl (C=O) groups excluding carboxylic acids is 1. The molecule has 0 saturated carbocycles. The minimum Gasteiger partial charge on any atom is -0.364 e. The molecule has 0 bridgehead atoms. The Hall–Kier alpha value is -1.41. The molecule has 1 aliphatic rings. The summed E-state index contributed by atoms with van der Waals surface area (Å²) in [7, 11) is 0. The summed E-state index contributed by atoms with van der Waals surface area (Å²) in [5, 5.41) is 2.83. The van der Waals surface area contributed by atoms with Crippen molar-refractivity contribution in [2.75, 3.05) is 13.1 Å². The summed E-state index contributed by atoms with van der Waals surface area (Å²) >= 11 is 0. The van der Waals surface area contributed by atoms with E-state index in [2.05, 4.69) is 15.3 Å². The number of carbonyl (C=O) groups is 1. The topological polar surface area (TPSA) is 93.0 Å². The predicted molar refractivity (Wildman–Crippen MR) is 94.2 cm³/mol. The van der Waals surface area contributed by atoms with Crippen LogP contribution in [0, 0.1) is 5.82 Å². The van der Waals surface area contributed by atoms with Crippen LogP contribution in [0.15, 0.2) is 18.2 Å². The summed E-state index contributed by atoms with van der Waals surface area (Å²) in [6.45, 7) is 0.896. The zero-order valence-corrected chi connectivity index (χ0v) is 14.6. The van der Waals surface area contributed by atoms with Crippen molar-refractivity contribution >= 4 is 41.8 Å². The van der Waals surface area contributed by atoms with E-state index in [0.29, 0.717) is 42.8 Å². The van der Waals surface area contributed by atoms with Crippen LogP contribution in [-0.4, -0.2) is 41.2 Å². The van der Waals surface area contributed by atoms with Gasteiger partial charge in [0, 0.05) is 19.5 Å². The summed E-state index contributed by atoms with van der Waals surface area (Å²) in [6, 6.07) is 4.41. The lowest BCUT2D eigenvalue weighted by atomic mass is 10.2. The van der Waals surface area contributed by atoms with Crippen molar-refractivity contribution in [2.45, 2.75) is 31.5 Å². The Balaban J connectivity index is 0.00000144. The van der Waals surface area contributed by atoms with Gasteiger partial charge in [-0.2, -0.15) is 0 Å². The number of ether oxygens (including phenoxy) is 1. The SMILES string of the molecule is Cl.Cl.NC[C@H]1CC[C@@H](C(=O)NCCc2nc3ccc(F)cc3[nH]2)O1. The molecular formula is C15H21Cl2FN4O2. The molecule has 1 aromatic carbocycles. The fourth-order valence-corrected chi connectivity index (χ4v) is 2.64. The summed E-state index contributed by atoms with van der Waals surface area (Å²) in [4.78, 5) is 19.4. The van der Waals surface area contributed by atoms with Gasteiger partial charge in [-0.1, -0.05) is 0 Å². The number of rotatable bonds is 5. The first-order valence-corrected chi connectivity index (χ1v) is 7.43. The number of fused-ring (bicyclic) bond motifs is 1. The van der Waals surface area contributed by atoms with Crippen LogP contribution in [0.3, 0.4) is 0 Å². The smallest absolute Gasteiger partial charge is 0.249 e. The molecule has 0 spiro atoms. The molecule has 6 nitrogen and oxygen atoms in total. The molecule has 1 amide bonds. The second-order valence-electron chi connectivity index (χ2n) is 5.45. The van der Waals surface area contributed by atoms with Crippen molar-refractivity contribution in [1.29, 1.82) is 0 Å². The fraction of sp³-hybridized carbons (Fsp3) is 0.467. The molecule has 134 valence electrons. The van der Waals surface area contributed by atoms with Crippen LogP contribution in [0.1, 0.15) is 18.7 Å². The number of benzene rings is 1. The quantitative estimate of drug-likeness (QED) is 0.738. The highest BCUT2D eigenvalue weighted by molar-refractivity contribution is 5.85. The average Bonchev–Trinajstić information content (AvgIpc) is 3.12. The minimum absolute atomic E-state index is 0. The number of aromatic amines is 1. The third-order valence-corrected chi connectivity index (χ3v) is 3.82. The highest BCUT2D eigenvalue weighted by Crippen LogP contribution is 2.18. The van der Waals surface area contributed by atoms with E-state index in [-0.39, 0.29) is 42.6 Å². The van der Waals surface area contributed by atoms with Gasteiger partial charge in [-0.3, -0.25) is 4.79 Å². The Labute approximate surface area is 151 Å². The van der Waals surface area contributed by atoms with Crippen molar-refractivity contribution < 1.29 is 13.9 Å². The van der Waals surface area contributed by atoms with E-state index < -0.39 is 6.10 Å². The van der Waals surface area contributed by atoms with Gasteiger partial charge in [0.1, 0.15) is 17.7 Å². The molecule has 0 unspecified atom stereocenters. The Morgan fingerprint density at radius 1 is 1.42 bits per heavy atom. The summed E-state index contributed by atoms with van der Waals surface area (Å²) in [5.41, 5.74) is 6.90. The van der Waals surface area contributed by atoms with E-state index >= 15 is 0 Å². The monoisotopic (exact) mass is 378 g/mol. The molecule has 3 rings (SSSR count). The van der Waals surface area contributed by atoms with E-state index in [9.17, 15) is 9.18 Å². The predicted octanol–water partition coefficient (Wildman–Crippen LogP) is 1.71. The number of H-pyrrole nitrogens is 1. The molecule has 4 N–H and O–H groups in total. The lowest BCUT2D eigenvalue weighted by Gasteiger charge is -2.12. The molecule has 1 saturated heterocycles. The Morgan fingerprint density at radius 2 is 2.21 bits per heavy atom. The van der Waals surface area contributed by atoms with Crippen LogP contribution < -0.4 is 11.1 Å². The fourth-order valence-electron chi connectivity index (χ4n) is 2.64. The van der Waals surface area contributed by atoms with E-state index in [0.717, 1.165) is 6.42 Å². The van der Waals surface area contributed by atoms with Gasteiger partial charge in [-0.15, -0.1) is 24.8 Å². The van der Waals surface area contributed by atoms with Crippen LogP contribution in [0.25, 0.3) is 11.0 Å². The van der Waals surface area contributed by atoms with E-state index in [4.69, 9.17) is 10.5 Å². The number of nitrogens with one attached hydrogen (secondary N) is 2. The van der Waals surface area contributed by atoms with Gasteiger partial charge in [0.05, 0.1) is 17.1 Å². The first-order valence-electron chi connectivity index (χ1n) is 7.43. The van der Waals surface area contributed by atoms with Gasteiger partial charge in [-0.25, -0.2) is 9.37 Å². The maximum atomic E-state index is 13.1. The minimum atomic E-state index is -0.404. The van der Waals surface area contributed by atoms with Gasteiger partial charge >= 0.3 is 0 Å². The number of hydrogen-bond donors (Lipinski definition) is 3. The number of hydrogen-bond acceptors (Lipinski definition) is 4. The number of nitrogens with zero attached hydrogens (tertiary/aromatic N) is 1. The van der Waals surface area contributed by atoms with Crippen molar-refractivity contribution in [3.05, 3.63) is 29.8 Å². The van der Waals surface area contributed by atoms with Crippen molar-refractivity contribution in [2.24, 2.45) is 5.73 Å². The molecule has 24 heavy (non-hydrogen) atoms. The van der Waals surface area contributed by atoms with Crippen molar-refractivity contribution in [3.63, 3.8) is 0 Å². The van der Waals surface area contributed by atoms with Gasteiger partial charge in [0.25, 0.3) is 0 Å². The summed E-state index contributed by atoms with van der Waals surface area (Å²) in [5.74, 6) is 0.301. The van der Waals surface area contributed by atoms with Crippen molar-refractivity contribution in [3.8, 4) is 0 Å². The number of amides is 1. The third kappa shape index (κ3) is 4.80. The zero-order valence-electron chi connectivity index (χ0n) is 13.0. The molecule has 1 aromatic heterocycles. The van der Waals surface area contributed by atoms with Gasteiger partial charge in [-0.05, 0) is 31.0 Å². The molecular weight excluding hydrogens is 358 g/mol. The molecule has 9 heteroatoms. The van der Waals surface area contributed by atoms with Crippen LogP contribution in [0.5, 0.6) is 0 Å². The van der Waals surface area contributed by atoms with Crippen LogP contribution in [0.2, 0.25) is 0 Å². The van der Waals surface area contributed by atoms with Crippen LogP contribution in [-0.2, 0) is 16.0 Å². The Morgan fingerprint density at radius 3 is 2.92 bits per heavy atom. The van der Waals surface area contributed by atoms with E-state index in [1.54, 1.807) is 6.07 Å². The molecule has 2 aromatic rings. The maximum Gasteiger partial charge on any atom is 0.249 e. The highest BCUT2D eigenvalue weighted by Gasteiger charge is 2.29. The number of aromatic nitrogens is 2. The number of imidazole rings is 1. The van der Waals surface area contributed by atoms with Gasteiger partial charge in [0.15, 0.2) is 0 Å². The third-order valence-electron chi connectivity index (χ3n) is 3.82. The second kappa shape index (κ2) is 9.17. The largest absolute Gasteiger partial charge is 0.364 e. The van der Waals surface area contributed by atoms with Crippen molar-refractivity contribution in [1.82, 2.24) is 15.3 Å². The molecule has 2 atom stereocenters. The molecule has 0 aliphatic carbocycles. The first kappa shape index (κ1) is 20.6. The van der Waals surface area contributed by atoms with Gasteiger partial charge < -0.3 is 20.8 Å². The lowest BCUT2D eigenvalue weighted by Crippen LogP contribution is -2.36. The van der Waals surface area contributed by atoms with E-state index in [1.807, 2.05) is 0 Å². The molecule has 1 fully saturated rings. The molecule has 2 heterocycles. The van der Waals surface area contributed by atoms with Crippen LogP contribution in [0.4, 0.5) is 4.39 Å². The summed E-state index contributed by atoms with van der Waals surface area (Å²) < 4.78 is 18.6. The highest BCUT2D eigenvalue weighted by atomic mass is 35.5. The van der Waals surface area contributed by atoms with E-state index in [1.165, 1.54) is 12.1 Å². The second-order valence-corrected chi connectivity index (χ2v) is 5.45. The average molecular weight is 379 g/mol. The number of nitrogens with two attached hydrogens (primary N) is 1. The maximum absolute atomic E-state index is 13.1. The molecule has 1 aliphatic heterocycles. The lowest BCUT2D eigenvalue weighted by molar-refractivity contribution is -0.131. The standard InChI is InChI=1S/C15H19FN4O2.2ClH/c16-9-1-3-11-12(7-9)20-14(19-11)5-6-18-15(21)13-4-2-10(8-17)22-13;;/h1,3,7,10,13H,2,4-6,8,17H2,(H,18,21)(H,19,20);2*1H/t10-,13+;;/m1../s1. The first-order chi connectivity index (χ1) is 10.7.